The number of rotatable bonds is 3. The zero-order valence-electron chi connectivity index (χ0n) is 10.8. The molecular weight excluding hydrogens is 260 g/mol. The lowest BCUT2D eigenvalue weighted by atomic mass is 9.90. The second-order valence-electron chi connectivity index (χ2n) is 5.00. The highest BCUT2D eigenvalue weighted by molar-refractivity contribution is 6.34. The fourth-order valence-corrected chi connectivity index (χ4v) is 3.12. The molecule has 0 spiro atoms. The van der Waals surface area contributed by atoms with Gasteiger partial charge in [-0.2, -0.15) is 0 Å². The molecule has 1 fully saturated rings. The molecule has 1 aliphatic heterocycles. The number of nitrogens with zero attached hydrogens (tertiary/aromatic N) is 3. The van der Waals surface area contributed by atoms with Crippen LogP contribution in [-0.4, -0.2) is 39.5 Å². The van der Waals surface area contributed by atoms with Crippen LogP contribution in [0.3, 0.4) is 0 Å². The van der Waals surface area contributed by atoms with E-state index in [0.29, 0.717) is 11.1 Å². The molecule has 19 heavy (non-hydrogen) atoms. The molecule has 5 heteroatoms. The first-order valence-corrected chi connectivity index (χ1v) is 6.98. The zero-order chi connectivity index (χ0) is 13.2. The SMILES string of the molecule is C=CCN1CCC(c2c[nH]c3ncnc(Cl)c23)CC1. The van der Waals surface area contributed by atoms with E-state index in [1.54, 1.807) is 0 Å². The lowest BCUT2D eigenvalue weighted by molar-refractivity contribution is 0.233. The first-order valence-electron chi connectivity index (χ1n) is 6.60. The second-order valence-corrected chi connectivity index (χ2v) is 5.35. The van der Waals surface area contributed by atoms with E-state index in [1.807, 2.05) is 12.3 Å². The van der Waals surface area contributed by atoms with Crippen LogP contribution < -0.4 is 0 Å². The molecule has 1 N–H and O–H groups in total. The predicted molar refractivity (Wildman–Crippen MR) is 77.5 cm³/mol. The number of aromatic amines is 1. The Bertz CT molecular complexity index is 584. The second kappa shape index (κ2) is 5.31. The van der Waals surface area contributed by atoms with Crippen molar-refractivity contribution < 1.29 is 0 Å². The summed E-state index contributed by atoms with van der Waals surface area (Å²) in [7, 11) is 0. The number of nitrogens with one attached hydrogen (secondary N) is 1. The highest BCUT2D eigenvalue weighted by atomic mass is 35.5. The molecule has 2 aromatic heterocycles. The van der Waals surface area contributed by atoms with Crippen LogP contribution in [0.1, 0.15) is 24.3 Å². The van der Waals surface area contributed by atoms with Crippen LogP contribution in [0.5, 0.6) is 0 Å². The molecule has 3 rings (SSSR count). The number of piperidine rings is 1. The Morgan fingerprint density at radius 3 is 2.95 bits per heavy atom. The summed E-state index contributed by atoms with van der Waals surface area (Å²) in [6, 6.07) is 0. The third-order valence-corrected chi connectivity index (χ3v) is 4.16. The van der Waals surface area contributed by atoms with Gasteiger partial charge in [0.2, 0.25) is 0 Å². The van der Waals surface area contributed by atoms with E-state index < -0.39 is 0 Å². The first-order chi connectivity index (χ1) is 9.29. The van der Waals surface area contributed by atoms with E-state index in [9.17, 15) is 0 Å². The molecular formula is C14H17ClN4. The molecule has 1 saturated heterocycles. The quantitative estimate of drug-likeness (QED) is 0.692. The smallest absolute Gasteiger partial charge is 0.142 e. The monoisotopic (exact) mass is 276 g/mol. The Hall–Kier alpha value is -1.39. The molecule has 0 saturated carbocycles. The third kappa shape index (κ3) is 2.38. The van der Waals surface area contributed by atoms with E-state index in [-0.39, 0.29) is 0 Å². The highest BCUT2D eigenvalue weighted by Crippen LogP contribution is 2.34. The van der Waals surface area contributed by atoms with Gasteiger partial charge in [-0.1, -0.05) is 17.7 Å². The van der Waals surface area contributed by atoms with Crippen LogP contribution in [0.15, 0.2) is 25.2 Å². The lowest BCUT2D eigenvalue weighted by Crippen LogP contribution is -2.32. The summed E-state index contributed by atoms with van der Waals surface area (Å²) >= 11 is 6.21. The average Bonchev–Trinajstić information content (AvgIpc) is 2.85. The van der Waals surface area contributed by atoms with Crippen LogP contribution >= 0.6 is 11.6 Å². The van der Waals surface area contributed by atoms with Crippen LogP contribution in [0.2, 0.25) is 5.15 Å². The van der Waals surface area contributed by atoms with Gasteiger partial charge in [-0.3, -0.25) is 4.90 Å². The van der Waals surface area contributed by atoms with Crippen molar-refractivity contribution in [3.8, 4) is 0 Å². The fourth-order valence-electron chi connectivity index (χ4n) is 2.88. The first kappa shape index (κ1) is 12.6. The fraction of sp³-hybridized carbons (Fsp3) is 0.429. The molecule has 0 aromatic carbocycles. The zero-order valence-corrected chi connectivity index (χ0v) is 11.5. The van der Waals surface area contributed by atoms with E-state index >= 15 is 0 Å². The van der Waals surface area contributed by atoms with Gasteiger partial charge < -0.3 is 4.98 Å². The standard InChI is InChI=1S/C14H17ClN4/c1-2-5-19-6-3-10(4-7-19)11-8-16-14-12(11)13(15)17-9-18-14/h2,8-10H,1,3-7H2,(H,16,17,18). The molecule has 100 valence electrons. The summed E-state index contributed by atoms with van der Waals surface area (Å²) in [5, 5.41) is 1.54. The summed E-state index contributed by atoms with van der Waals surface area (Å²) < 4.78 is 0. The third-order valence-electron chi connectivity index (χ3n) is 3.87. The molecule has 0 unspecified atom stereocenters. The minimum Gasteiger partial charge on any atom is -0.346 e. The van der Waals surface area contributed by atoms with Gasteiger partial charge in [0.05, 0.1) is 5.39 Å². The van der Waals surface area contributed by atoms with Crippen molar-refractivity contribution in [3.63, 3.8) is 0 Å². The number of halogens is 1. The van der Waals surface area contributed by atoms with Gasteiger partial charge in [-0.15, -0.1) is 6.58 Å². The van der Waals surface area contributed by atoms with Gasteiger partial charge in [0.25, 0.3) is 0 Å². The summed E-state index contributed by atoms with van der Waals surface area (Å²) in [5.41, 5.74) is 2.10. The van der Waals surface area contributed by atoms with Crippen LogP contribution in [0.25, 0.3) is 11.0 Å². The molecule has 4 nitrogen and oxygen atoms in total. The average molecular weight is 277 g/mol. The topological polar surface area (TPSA) is 44.8 Å². The maximum Gasteiger partial charge on any atom is 0.142 e. The maximum absolute atomic E-state index is 6.21. The number of fused-ring (bicyclic) bond motifs is 1. The van der Waals surface area contributed by atoms with Gasteiger partial charge in [-0.25, -0.2) is 9.97 Å². The van der Waals surface area contributed by atoms with Gasteiger partial charge in [0.1, 0.15) is 17.1 Å². The molecule has 2 aromatic rings. The van der Waals surface area contributed by atoms with Crippen molar-refractivity contribution in [3.05, 3.63) is 35.9 Å². The van der Waals surface area contributed by atoms with E-state index in [1.165, 1.54) is 11.9 Å². The minimum atomic E-state index is 0.540. The van der Waals surface area contributed by atoms with E-state index in [4.69, 9.17) is 11.6 Å². The number of H-pyrrole nitrogens is 1. The minimum absolute atomic E-state index is 0.540. The Labute approximate surface area is 117 Å². The van der Waals surface area contributed by atoms with Gasteiger partial charge >= 0.3 is 0 Å². The largest absolute Gasteiger partial charge is 0.346 e. The molecule has 0 atom stereocenters. The van der Waals surface area contributed by atoms with Crippen molar-refractivity contribution in [1.29, 1.82) is 0 Å². The number of likely N-dealkylation sites (tertiary alicyclic amines) is 1. The van der Waals surface area contributed by atoms with Crippen LogP contribution in [-0.2, 0) is 0 Å². The normalized spacial score (nSPS) is 17.9. The Kier molecular flexibility index (Phi) is 3.53. The Morgan fingerprint density at radius 1 is 1.42 bits per heavy atom. The molecule has 0 aliphatic carbocycles. The Morgan fingerprint density at radius 2 is 2.21 bits per heavy atom. The van der Waals surface area contributed by atoms with Gasteiger partial charge in [-0.05, 0) is 37.4 Å². The highest BCUT2D eigenvalue weighted by Gasteiger charge is 2.23. The van der Waals surface area contributed by atoms with E-state index in [2.05, 4.69) is 26.4 Å². The molecule has 1 aliphatic rings. The number of aromatic nitrogens is 3. The summed E-state index contributed by atoms with van der Waals surface area (Å²) in [6.07, 6.45) is 7.80. The maximum atomic E-state index is 6.21. The summed E-state index contributed by atoms with van der Waals surface area (Å²) in [5.74, 6) is 0.540. The van der Waals surface area contributed by atoms with Crippen molar-refractivity contribution in [2.24, 2.45) is 0 Å². The van der Waals surface area contributed by atoms with Gasteiger partial charge in [0, 0.05) is 12.7 Å². The summed E-state index contributed by atoms with van der Waals surface area (Å²) in [6.45, 7) is 6.98. The lowest BCUT2D eigenvalue weighted by Gasteiger charge is -2.31. The Balaban J connectivity index is 1.84. The molecule has 3 heterocycles. The van der Waals surface area contributed by atoms with Crippen LogP contribution in [0.4, 0.5) is 0 Å². The summed E-state index contributed by atoms with van der Waals surface area (Å²) in [4.78, 5) is 13.9. The number of hydrogen-bond donors (Lipinski definition) is 1. The van der Waals surface area contributed by atoms with E-state index in [0.717, 1.165) is 43.5 Å². The number of hydrogen-bond acceptors (Lipinski definition) is 3. The molecule has 0 radical (unpaired) electrons. The van der Waals surface area contributed by atoms with Crippen molar-refractivity contribution in [2.45, 2.75) is 18.8 Å². The van der Waals surface area contributed by atoms with Crippen LogP contribution in [0, 0.1) is 0 Å². The molecule has 0 bridgehead atoms. The van der Waals surface area contributed by atoms with Crippen molar-refractivity contribution in [1.82, 2.24) is 19.9 Å². The van der Waals surface area contributed by atoms with Gasteiger partial charge in [0.15, 0.2) is 0 Å². The van der Waals surface area contributed by atoms with Crippen molar-refractivity contribution >= 4 is 22.6 Å². The molecule has 0 amide bonds. The predicted octanol–water partition coefficient (Wildman–Crippen LogP) is 2.98. The van der Waals surface area contributed by atoms with Crippen molar-refractivity contribution in [2.75, 3.05) is 19.6 Å².